The van der Waals surface area contributed by atoms with E-state index in [2.05, 4.69) is 4.98 Å². The van der Waals surface area contributed by atoms with Crippen molar-refractivity contribution in [1.82, 2.24) is 4.98 Å². The SMILES string of the molecule is CC(O)c1sc(-c2ccc(C(F)(F)F)cc2)nc1-c1ccccc1. The van der Waals surface area contributed by atoms with Crippen LogP contribution in [0.15, 0.2) is 54.6 Å². The number of hydrogen-bond donors (Lipinski definition) is 1. The van der Waals surface area contributed by atoms with Gasteiger partial charge >= 0.3 is 6.18 Å². The van der Waals surface area contributed by atoms with Crippen molar-refractivity contribution in [3.63, 3.8) is 0 Å². The predicted octanol–water partition coefficient (Wildman–Crippen LogP) is 5.55. The van der Waals surface area contributed by atoms with Crippen molar-refractivity contribution in [2.45, 2.75) is 19.2 Å². The highest BCUT2D eigenvalue weighted by atomic mass is 32.1. The predicted molar refractivity (Wildman–Crippen MR) is 88.6 cm³/mol. The molecule has 0 saturated heterocycles. The third kappa shape index (κ3) is 3.34. The summed E-state index contributed by atoms with van der Waals surface area (Å²) in [5.41, 5.74) is 1.42. The molecule has 1 unspecified atom stereocenters. The zero-order valence-electron chi connectivity index (χ0n) is 12.7. The second kappa shape index (κ2) is 6.37. The van der Waals surface area contributed by atoms with Gasteiger partial charge in [0.05, 0.1) is 22.2 Å². The maximum Gasteiger partial charge on any atom is 0.416 e. The third-order valence-electron chi connectivity index (χ3n) is 3.54. The van der Waals surface area contributed by atoms with Crippen LogP contribution in [0.25, 0.3) is 21.8 Å². The second-order valence-corrected chi connectivity index (χ2v) is 6.38. The Hall–Kier alpha value is -2.18. The Morgan fingerprint density at radius 1 is 0.958 bits per heavy atom. The first kappa shape index (κ1) is 16.7. The molecular formula is C18H14F3NOS. The van der Waals surface area contributed by atoms with Crippen molar-refractivity contribution in [2.24, 2.45) is 0 Å². The van der Waals surface area contributed by atoms with Crippen LogP contribution in [0.2, 0.25) is 0 Å². The molecule has 2 nitrogen and oxygen atoms in total. The van der Waals surface area contributed by atoms with Crippen molar-refractivity contribution < 1.29 is 18.3 Å². The summed E-state index contributed by atoms with van der Waals surface area (Å²) in [5.74, 6) is 0. The molecule has 0 amide bonds. The molecule has 0 aliphatic rings. The summed E-state index contributed by atoms with van der Waals surface area (Å²) in [5, 5.41) is 10.6. The highest BCUT2D eigenvalue weighted by Crippen LogP contribution is 2.38. The number of alkyl halides is 3. The standard InChI is InChI=1S/C18H14F3NOS/c1-11(23)16-15(12-5-3-2-4-6-12)22-17(24-16)13-7-9-14(10-8-13)18(19,20)21/h2-11,23H,1H3. The van der Waals surface area contributed by atoms with Gasteiger partial charge in [0.2, 0.25) is 0 Å². The molecule has 3 rings (SSSR count). The van der Waals surface area contributed by atoms with Gasteiger partial charge in [-0.2, -0.15) is 13.2 Å². The Balaban J connectivity index is 2.03. The molecule has 1 heterocycles. The van der Waals surface area contributed by atoms with Crippen LogP contribution in [0.5, 0.6) is 0 Å². The van der Waals surface area contributed by atoms with E-state index in [1.54, 1.807) is 6.92 Å². The van der Waals surface area contributed by atoms with E-state index in [-0.39, 0.29) is 0 Å². The van der Waals surface area contributed by atoms with E-state index in [0.717, 1.165) is 17.7 Å². The summed E-state index contributed by atoms with van der Waals surface area (Å²) in [6.45, 7) is 1.65. The van der Waals surface area contributed by atoms with Crippen molar-refractivity contribution in [2.75, 3.05) is 0 Å². The lowest BCUT2D eigenvalue weighted by molar-refractivity contribution is -0.137. The average Bonchev–Trinajstić information content (AvgIpc) is 3.00. The highest BCUT2D eigenvalue weighted by Gasteiger charge is 2.30. The molecular weight excluding hydrogens is 335 g/mol. The van der Waals surface area contributed by atoms with E-state index < -0.39 is 17.8 Å². The molecule has 1 aromatic heterocycles. The Bertz CT molecular complexity index is 824. The van der Waals surface area contributed by atoms with Crippen molar-refractivity contribution in [3.8, 4) is 21.8 Å². The van der Waals surface area contributed by atoms with Crippen LogP contribution >= 0.6 is 11.3 Å². The van der Waals surface area contributed by atoms with Gasteiger partial charge in [0.15, 0.2) is 0 Å². The van der Waals surface area contributed by atoms with Crippen LogP contribution in [0.1, 0.15) is 23.5 Å². The zero-order chi connectivity index (χ0) is 17.3. The largest absolute Gasteiger partial charge is 0.416 e. The minimum absolute atomic E-state index is 0.582. The molecule has 0 saturated carbocycles. The Labute approximate surface area is 141 Å². The van der Waals surface area contributed by atoms with Crippen LogP contribution in [0.3, 0.4) is 0 Å². The first-order valence-corrected chi connectivity index (χ1v) is 8.10. The Kier molecular flexibility index (Phi) is 4.43. The summed E-state index contributed by atoms with van der Waals surface area (Å²) in [6.07, 6.45) is -5.07. The van der Waals surface area contributed by atoms with E-state index >= 15 is 0 Å². The van der Waals surface area contributed by atoms with Gasteiger partial charge < -0.3 is 5.11 Å². The minimum atomic E-state index is -4.36. The number of nitrogens with zero attached hydrogens (tertiary/aromatic N) is 1. The van der Waals surface area contributed by atoms with Gasteiger partial charge in [0.1, 0.15) is 5.01 Å². The lowest BCUT2D eigenvalue weighted by Gasteiger charge is -2.06. The van der Waals surface area contributed by atoms with Crippen molar-refractivity contribution in [1.29, 1.82) is 0 Å². The molecule has 0 aliphatic carbocycles. The molecule has 0 spiro atoms. The van der Waals surface area contributed by atoms with Gasteiger partial charge in [-0.1, -0.05) is 42.5 Å². The van der Waals surface area contributed by atoms with Gasteiger partial charge in [-0.05, 0) is 19.1 Å². The van der Waals surface area contributed by atoms with Crippen LogP contribution in [-0.4, -0.2) is 10.1 Å². The van der Waals surface area contributed by atoms with E-state index in [1.165, 1.54) is 23.5 Å². The molecule has 0 fully saturated rings. The number of benzene rings is 2. The summed E-state index contributed by atoms with van der Waals surface area (Å²) in [6, 6.07) is 14.3. The van der Waals surface area contributed by atoms with Crippen LogP contribution in [0, 0.1) is 0 Å². The van der Waals surface area contributed by atoms with Gasteiger partial charge in [0, 0.05) is 11.1 Å². The van der Waals surface area contributed by atoms with E-state index in [1.807, 2.05) is 30.3 Å². The quantitative estimate of drug-likeness (QED) is 0.672. The number of rotatable bonds is 3. The van der Waals surface area contributed by atoms with Gasteiger partial charge in [-0.3, -0.25) is 0 Å². The van der Waals surface area contributed by atoms with E-state index in [4.69, 9.17) is 0 Å². The van der Waals surface area contributed by atoms with Crippen LogP contribution < -0.4 is 0 Å². The molecule has 0 aliphatic heterocycles. The smallest absolute Gasteiger partial charge is 0.388 e. The molecule has 3 aromatic rings. The molecule has 1 N–H and O–H groups in total. The number of halogens is 3. The Morgan fingerprint density at radius 3 is 2.12 bits per heavy atom. The van der Waals surface area contributed by atoms with Crippen molar-refractivity contribution in [3.05, 3.63) is 65.0 Å². The summed E-state index contributed by atoms with van der Waals surface area (Å²) in [4.78, 5) is 5.23. The lowest BCUT2D eigenvalue weighted by Crippen LogP contribution is -2.03. The fraction of sp³-hybridized carbons (Fsp3) is 0.167. The summed E-state index contributed by atoms with van der Waals surface area (Å²) < 4.78 is 38.0. The fourth-order valence-corrected chi connectivity index (χ4v) is 3.37. The maximum absolute atomic E-state index is 12.7. The highest BCUT2D eigenvalue weighted by molar-refractivity contribution is 7.15. The molecule has 0 bridgehead atoms. The van der Waals surface area contributed by atoms with Crippen molar-refractivity contribution >= 4 is 11.3 Å². The molecule has 0 radical (unpaired) electrons. The molecule has 124 valence electrons. The third-order valence-corrected chi connectivity index (χ3v) is 4.81. The molecule has 2 aromatic carbocycles. The van der Waals surface area contributed by atoms with E-state index in [9.17, 15) is 18.3 Å². The number of aromatic nitrogens is 1. The maximum atomic E-state index is 12.7. The van der Waals surface area contributed by atoms with E-state index in [0.29, 0.717) is 21.1 Å². The van der Waals surface area contributed by atoms with Gasteiger partial charge in [-0.15, -0.1) is 11.3 Å². The first-order chi connectivity index (χ1) is 11.4. The summed E-state index contributed by atoms with van der Waals surface area (Å²) >= 11 is 1.29. The zero-order valence-corrected chi connectivity index (χ0v) is 13.5. The monoisotopic (exact) mass is 349 g/mol. The second-order valence-electron chi connectivity index (χ2n) is 5.35. The number of aliphatic hydroxyl groups is 1. The molecule has 1 atom stereocenters. The number of aliphatic hydroxyl groups excluding tert-OH is 1. The first-order valence-electron chi connectivity index (χ1n) is 7.28. The Morgan fingerprint density at radius 2 is 1.58 bits per heavy atom. The summed E-state index contributed by atoms with van der Waals surface area (Å²) in [7, 11) is 0. The normalized spacial score (nSPS) is 13.0. The van der Waals surface area contributed by atoms with Gasteiger partial charge in [0.25, 0.3) is 0 Å². The van der Waals surface area contributed by atoms with Crippen LogP contribution in [0.4, 0.5) is 13.2 Å². The molecule has 24 heavy (non-hydrogen) atoms. The lowest BCUT2D eigenvalue weighted by atomic mass is 10.1. The topological polar surface area (TPSA) is 33.1 Å². The molecule has 6 heteroatoms. The minimum Gasteiger partial charge on any atom is -0.388 e. The number of hydrogen-bond acceptors (Lipinski definition) is 3. The average molecular weight is 349 g/mol. The van der Waals surface area contributed by atoms with Gasteiger partial charge in [-0.25, -0.2) is 4.98 Å². The fourth-order valence-electron chi connectivity index (χ4n) is 2.34. The number of thiazole rings is 1. The van der Waals surface area contributed by atoms with Crippen LogP contribution in [-0.2, 0) is 6.18 Å².